The Morgan fingerprint density at radius 1 is 1.11 bits per heavy atom. The van der Waals surface area contributed by atoms with Crippen molar-refractivity contribution in [1.29, 1.82) is 5.26 Å². The zero-order chi connectivity index (χ0) is 18.9. The van der Waals surface area contributed by atoms with Crippen molar-refractivity contribution in [1.82, 2.24) is 9.88 Å². The molecule has 2 heterocycles. The number of benzene rings is 1. The molecule has 27 heavy (non-hydrogen) atoms. The molecule has 2 aromatic rings. The Morgan fingerprint density at radius 2 is 1.89 bits per heavy atom. The van der Waals surface area contributed by atoms with Gasteiger partial charge < -0.3 is 15.5 Å². The van der Waals surface area contributed by atoms with Crippen molar-refractivity contribution in [3.63, 3.8) is 0 Å². The predicted molar refractivity (Wildman–Crippen MR) is 114 cm³/mol. The lowest BCUT2D eigenvalue weighted by molar-refractivity contribution is 0.296. The maximum Gasteiger partial charge on any atom is 0.270 e. The third-order valence-electron chi connectivity index (χ3n) is 5.11. The average molecular weight is 361 g/mol. The van der Waals surface area contributed by atoms with Crippen molar-refractivity contribution in [2.75, 3.05) is 43.4 Å². The molecular formula is C21H28BN5. The molecule has 1 saturated heterocycles. The van der Waals surface area contributed by atoms with E-state index < -0.39 is 0 Å². The molecule has 1 fully saturated rings. The Bertz CT molecular complexity index is 748. The fourth-order valence-corrected chi connectivity index (χ4v) is 3.40. The highest BCUT2D eigenvalue weighted by Gasteiger charge is 2.21. The van der Waals surface area contributed by atoms with Crippen LogP contribution in [0.5, 0.6) is 0 Å². The zero-order valence-electron chi connectivity index (χ0n) is 16.1. The summed E-state index contributed by atoms with van der Waals surface area (Å²) in [7, 11) is 0. The van der Waals surface area contributed by atoms with Crippen LogP contribution in [0.2, 0.25) is 12.6 Å². The summed E-state index contributed by atoms with van der Waals surface area (Å²) < 4.78 is 0. The number of anilines is 2. The van der Waals surface area contributed by atoms with Gasteiger partial charge in [0.15, 0.2) is 0 Å². The van der Waals surface area contributed by atoms with Crippen molar-refractivity contribution >= 4 is 18.1 Å². The third kappa shape index (κ3) is 6.30. The maximum absolute atomic E-state index is 9.00. The number of aryl methyl sites for hydroxylation is 1. The zero-order valence-corrected chi connectivity index (χ0v) is 16.1. The van der Waals surface area contributed by atoms with Gasteiger partial charge in [0.25, 0.3) is 6.71 Å². The highest BCUT2D eigenvalue weighted by atomic mass is 15.1. The summed E-state index contributed by atoms with van der Waals surface area (Å²) in [5.41, 5.74) is 4.61. The summed E-state index contributed by atoms with van der Waals surface area (Å²) in [4.78, 5) is 6.77. The lowest BCUT2D eigenvalue weighted by Gasteiger charge is -2.27. The van der Waals surface area contributed by atoms with E-state index in [2.05, 4.69) is 56.8 Å². The summed E-state index contributed by atoms with van der Waals surface area (Å²) in [5, 5.41) is 15.9. The predicted octanol–water partition coefficient (Wildman–Crippen LogP) is 3.33. The minimum atomic E-state index is 0.262. The van der Waals surface area contributed by atoms with E-state index in [1.165, 1.54) is 11.3 Å². The number of nitriles is 1. The van der Waals surface area contributed by atoms with E-state index in [0.717, 1.165) is 63.2 Å². The van der Waals surface area contributed by atoms with Gasteiger partial charge in [-0.1, -0.05) is 12.1 Å². The van der Waals surface area contributed by atoms with Crippen LogP contribution in [0.3, 0.4) is 0 Å². The smallest absolute Gasteiger partial charge is 0.270 e. The van der Waals surface area contributed by atoms with Crippen LogP contribution in [0.15, 0.2) is 42.6 Å². The third-order valence-corrected chi connectivity index (χ3v) is 5.11. The first-order valence-corrected chi connectivity index (χ1v) is 9.84. The van der Waals surface area contributed by atoms with Crippen molar-refractivity contribution in [2.45, 2.75) is 26.0 Å². The lowest BCUT2D eigenvalue weighted by Crippen LogP contribution is -2.37. The Balaban J connectivity index is 1.38. The van der Waals surface area contributed by atoms with Crippen LogP contribution in [-0.2, 0) is 6.42 Å². The number of aromatic nitrogens is 1. The van der Waals surface area contributed by atoms with Crippen molar-refractivity contribution < 1.29 is 0 Å². The second-order valence-electron chi connectivity index (χ2n) is 7.24. The highest BCUT2D eigenvalue weighted by Crippen LogP contribution is 2.14. The fourth-order valence-electron chi connectivity index (χ4n) is 3.40. The van der Waals surface area contributed by atoms with Crippen LogP contribution in [-0.4, -0.2) is 49.3 Å². The van der Waals surface area contributed by atoms with Crippen LogP contribution in [0.1, 0.15) is 11.3 Å². The van der Waals surface area contributed by atoms with Gasteiger partial charge in [-0.05, 0) is 68.9 Å². The molecule has 3 rings (SSSR count). The van der Waals surface area contributed by atoms with E-state index in [1.807, 2.05) is 19.2 Å². The SMILES string of the molecule is Cc1ccc(NCCNc2cccc(CCN3CCB(C#N)CC3)c2)cn1. The van der Waals surface area contributed by atoms with E-state index >= 15 is 0 Å². The molecule has 0 unspecified atom stereocenters. The number of hydrogen-bond acceptors (Lipinski definition) is 5. The van der Waals surface area contributed by atoms with Gasteiger partial charge >= 0.3 is 0 Å². The van der Waals surface area contributed by atoms with Gasteiger partial charge in [-0.2, -0.15) is 0 Å². The largest absolute Gasteiger partial charge is 0.383 e. The number of nitrogens with one attached hydrogen (secondary N) is 2. The van der Waals surface area contributed by atoms with Gasteiger partial charge in [-0.15, -0.1) is 0 Å². The molecule has 0 radical (unpaired) electrons. The summed E-state index contributed by atoms with van der Waals surface area (Å²) in [5.74, 6) is 2.40. The first-order chi connectivity index (χ1) is 13.2. The van der Waals surface area contributed by atoms with Gasteiger partial charge in [0.05, 0.1) is 11.9 Å². The topological polar surface area (TPSA) is 64.0 Å². The molecule has 2 N–H and O–H groups in total. The molecule has 5 nitrogen and oxygen atoms in total. The van der Waals surface area contributed by atoms with E-state index in [1.54, 1.807) is 0 Å². The van der Waals surface area contributed by atoms with Gasteiger partial charge in [0.1, 0.15) is 0 Å². The molecule has 0 aliphatic carbocycles. The van der Waals surface area contributed by atoms with E-state index in [9.17, 15) is 0 Å². The standard InChI is InChI=1S/C21H28BN5/c1-18-5-6-21(16-26-18)25-11-10-24-20-4-2-3-19(15-20)7-12-27-13-8-22(17-23)9-14-27/h2-6,15-16,24-25H,7-14H2,1H3. The van der Waals surface area contributed by atoms with Gasteiger partial charge in [0, 0.05) is 37.0 Å². The monoisotopic (exact) mass is 361 g/mol. The fraction of sp³-hybridized carbons (Fsp3) is 0.429. The molecule has 0 spiro atoms. The number of pyridine rings is 1. The molecule has 0 saturated carbocycles. The van der Waals surface area contributed by atoms with Crippen molar-refractivity contribution in [2.24, 2.45) is 0 Å². The molecule has 0 bridgehead atoms. The van der Waals surface area contributed by atoms with Crippen molar-refractivity contribution in [3.8, 4) is 5.97 Å². The molecular weight excluding hydrogens is 333 g/mol. The summed E-state index contributed by atoms with van der Waals surface area (Å²) in [6.07, 6.45) is 4.96. The second-order valence-corrected chi connectivity index (χ2v) is 7.24. The molecule has 0 amide bonds. The maximum atomic E-state index is 9.00. The second kappa shape index (κ2) is 9.98. The van der Waals surface area contributed by atoms with E-state index in [-0.39, 0.29) is 6.71 Å². The van der Waals surface area contributed by atoms with Crippen LogP contribution in [0.25, 0.3) is 0 Å². The molecule has 6 heteroatoms. The van der Waals surface area contributed by atoms with Gasteiger partial charge in [0.2, 0.25) is 0 Å². The number of nitrogens with zero attached hydrogens (tertiary/aromatic N) is 3. The van der Waals surface area contributed by atoms with E-state index in [0.29, 0.717) is 0 Å². The van der Waals surface area contributed by atoms with Crippen LogP contribution < -0.4 is 10.6 Å². The van der Waals surface area contributed by atoms with Crippen LogP contribution in [0.4, 0.5) is 11.4 Å². The quantitative estimate of drug-likeness (QED) is 0.558. The lowest BCUT2D eigenvalue weighted by atomic mass is 9.45. The summed E-state index contributed by atoms with van der Waals surface area (Å²) in [6, 6.07) is 12.8. The molecule has 140 valence electrons. The van der Waals surface area contributed by atoms with E-state index in [4.69, 9.17) is 5.26 Å². The normalized spacial score (nSPS) is 14.6. The van der Waals surface area contributed by atoms with Crippen LogP contribution >= 0.6 is 0 Å². The summed E-state index contributed by atoms with van der Waals surface area (Å²) in [6.45, 7) is 7.14. The Kier molecular flexibility index (Phi) is 7.12. The van der Waals surface area contributed by atoms with Crippen LogP contribution in [0, 0.1) is 18.2 Å². The van der Waals surface area contributed by atoms with Gasteiger partial charge in [-0.25, -0.2) is 5.26 Å². The Morgan fingerprint density at radius 3 is 2.59 bits per heavy atom. The van der Waals surface area contributed by atoms with Gasteiger partial charge in [-0.3, -0.25) is 4.98 Å². The highest BCUT2D eigenvalue weighted by molar-refractivity contribution is 6.67. The number of rotatable bonds is 8. The minimum Gasteiger partial charge on any atom is -0.383 e. The molecule has 1 aliphatic heterocycles. The molecule has 1 aliphatic rings. The first-order valence-electron chi connectivity index (χ1n) is 9.84. The Labute approximate surface area is 162 Å². The minimum absolute atomic E-state index is 0.262. The average Bonchev–Trinajstić information content (AvgIpc) is 2.72. The number of hydrogen-bond donors (Lipinski definition) is 2. The Hall–Kier alpha value is -2.52. The first kappa shape index (κ1) is 19.3. The summed E-state index contributed by atoms with van der Waals surface area (Å²) >= 11 is 0. The molecule has 0 atom stereocenters. The van der Waals surface area contributed by atoms with Crippen molar-refractivity contribution in [3.05, 3.63) is 53.9 Å². The molecule has 1 aromatic carbocycles. The molecule has 1 aromatic heterocycles.